The number of amides is 1. The Balaban J connectivity index is 1.64. The number of thiophene rings is 1. The molecule has 4 heterocycles. The van der Waals surface area contributed by atoms with E-state index in [0.717, 1.165) is 11.3 Å². The van der Waals surface area contributed by atoms with E-state index in [1.807, 2.05) is 0 Å². The maximum Gasteiger partial charge on any atom is 0.341 e. The van der Waals surface area contributed by atoms with E-state index in [4.69, 9.17) is 4.74 Å². The van der Waals surface area contributed by atoms with Crippen LogP contribution in [0, 0.1) is 0 Å². The summed E-state index contributed by atoms with van der Waals surface area (Å²) in [5, 5.41) is 5.03. The zero-order chi connectivity index (χ0) is 21.3. The first-order chi connectivity index (χ1) is 14.4. The van der Waals surface area contributed by atoms with E-state index in [1.165, 1.54) is 11.3 Å². The SMILES string of the molecule is CCOC(=O)c1c(NC(=O)c2csc(-c3ncccn3)n2)sc2c1CCS(=O)(=O)C2. The Labute approximate surface area is 180 Å². The number of aromatic nitrogens is 3. The predicted octanol–water partition coefficient (Wildman–Crippen LogP) is 2.56. The first kappa shape index (κ1) is 20.6. The molecule has 0 atom stereocenters. The van der Waals surface area contributed by atoms with Gasteiger partial charge in [-0.3, -0.25) is 4.79 Å². The van der Waals surface area contributed by atoms with Crippen LogP contribution in [0.3, 0.4) is 0 Å². The molecule has 0 saturated carbocycles. The molecule has 156 valence electrons. The quantitative estimate of drug-likeness (QED) is 0.571. The first-order valence-corrected chi connectivity index (χ1v) is 12.5. The predicted molar refractivity (Wildman–Crippen MR) is 113 cm³/mol. The van der Waals surface area contributed by atoms with Crippen LogP contribution in [0.2, 0.25) is 0 Å². The Morgan fingerprint density at radius 3 is 2.77 bits per heavy atom. The number of rotatable bonds is 5. The summed E-state index contributed by atoms with van der Waals surface area (Å²) in [6.45, 7) is 1.85. The summed E-state index contributed by atoms with van der Waals surface area (Å²) in [5.74, 6) is -0.878. The van der Waals surface area contributed by atoms with Gasteiger partial charge in [0, 0.05) is 22.7 Å². The van der Waals surface area contributed by atoms with E-state index < -0.39 is 21.7 Å². The minimum absolute atomic E-state index is 0.0386. The van der Waals surface area contributed by atoms with Gasteiger partial charge in [0.25, 0.3) is 5.91 Å². The highest BCUT2D eigenvalue weighted by molar-refractivity contribution is 7.90. The Bertz CT molecular complexity index is 1220. The zero-order valence-electron chi connectivity index (χ0n) is 15.7. The highest BCUT2D eigenvalue weighted by atomic mass is 32.2. The van der Waals surface area contributed by atoms with Crippen molar-refractivity contribution in [1.82, 2.24) is 15.0 Å². The van der Waals surface area contributed by atoms with Gasteiger partial charge in [-0.1, -0.05) is 0 Å². The molecule has 0 aromatic carbocycles. The van der Waals surface area contributed by atoms with Gasteiger partial charge in [0.2, 0.25) is 0 Å². The first-order valence-electron chi connectivity index (χ1n) is 8.94. The molecule has 0 unspecified atom stereocenters. The average molecular weight is 465 g/mol. The fourth-order valence-electron chi connectivity index (χ4n) is 2.99. The van der Waals surface area contributed by atoms with Crippen molar-refractivity contribution in [2.45, 2.75) is 19.1 Å². The van der Waals surface area contributed by atoms with Gasteiger partial charge >= 0.3 is 5.97 Å². The number of hydrogen-bond donors (Lipinski definition) is 1. The number of nitrogens with one attached hydrogen (secondary N) is 1. The number of ether oxygens (including phenoxy) is 1. The Morgan fingerprint density at radius 2 is 2.03 bits per heavy atom. The van der Waals surface area contributed by atoms with E-state index in [-0.39, 0.29) is 40.8 Å². The minimum Gasteiger partial charge on any atom is -0.462 e. The van der Waals surface area contributed by atoms with Crippen LogP contribution >= 0.6 is 22.7 Å². The molecule has 12 heteroatoms. The fourth-order valence-corrected chi connectivity index (χ4v) is 6.77. The van der Waals surface area contributed by atoms with Crippen LogP contribution in [0.5, 0.6) is 0 Å². The third-order valence-electron chi connectivity index (χ3n) is 4.31. The highest BCUT2D eigenvalue weighted by Crippen LogP contribution is 2.38. The van der Waals surface area contributed by atoms with Crippen molar-refractivity contribution in [3.63, 3.8) is 0 Å². The lowest BCUT2D eigenvalue weighted by Gasteiger charge is -2.13. The summed E-state index contributed by atoms with van der Waals surface area (Å²) in [7, 11) is -3.22. The Morgan fingerprint density at radius 1 is 1.27 bits per heavy atom. The third kappa shape index (κ3) is 4.11. The van der Waals surface area contributed by atoms with Gasteiger partial charge in [-0.2, -0.15) is 0 Å². The second-order valence-corrected chi connectivity index (χ2v) is 10.5. The third-order valence-corrected chi connectivity index (χ3v) is 8.03. The number of sulfone groups is 1. The summed E-state index contributed by atoms with van der Waals surface area (Å²) in [6.07, 6.45) is 3.38. The van der Waals surface area contributed by atoms with Gasteiger partial charge in [-0.15, -0.1) is 22.7 Å². The van der Waals surface area contributed by atoms with Crippen LogP contribution in [-0.4, -0.2) is 47.6 Å². The van der Waals surface area contributed by atoms with Crippen molar-refractivity contribution in [2.24, 2.45) is 0 Å². The van der Waals surface area contributed by atoms with E-state index in [2.05, 4.69) is 20.3 Å². The van der Waals surface area contributed by atoms with E-state index in [0.29, 0.717) is 21.3 Å². The molecule has 4 rings (SSSR count). The van der Waals surface area contributed by atoms with Crippen molar-refractivity contribution in [3.8, 4) is 10.8 Å². The second kappa shape index (κ2) is 8.20. The molecular weight excluding hydrogens is 448 g/mol. The van der Waals surface area contributed by atoms with Crippen molar-refractivity contribution in [3.05, 3.63) is 45.5 Å². The topological polar surface area (TPSA) is 128 Å². The van der Waals surface area contributed by atoms with Gasteiger partial charge in [0.1, 0.15) is 10.7 Å². The highest BCUT2D eigenvalue weighted by Gasteiger charge is 2.32. The lowest BCUT2D eigenvalue weighted by Crippen LogP contribution is -2.20. The maximum atomic E-state index is 12.8. The van der Waals surface area contributed by atoms with Crippen LogP contribution in [0.25, 0.3) is 10.8 Å². The number of nitrogens with zero attached hydrogens (tertiary/aromatic N) is 3. The molecule has 9 nitrogen and oxygen atoms in total. The fraction of sp³-hybridized carbons (Fsp3) is 0.278. The Kier molecular flexibility index (Phi) is 5.62. The van der Waals surface area contributed by atoms with Crippen LogP contribution < -0.4 is 5.32 Å². The number of carbonyl (C=O) groups is 2. The van der Waals surface area contributed by atoms with Gasteiger partial charge < -0.3 is 10.1 Å². The molecule has 30 heavy (non-hydrogen) atoms. The van der Waals surface area contributed by atoms with E-state index in [1.54, 1.807) is 30.8 Å². The summed E-state index contributed by atoms with van der Waals surface area (Å²) in [6, 6.07) is 1.68. The molecule has 0 fully saturated rings. The molecule has 1 aliphatic heterocycles. The molecule has 0 aliphatic carbocycles. The van der Waals surface area contributed by atoms with Gasteiger partial charge in [0.15, 0.2) is 20.7 Å². The maximum absolute atomic E-state index is 12.8. The molecule has 0 saturated heterocycles. The number of fused-ring (bicyclic) bond motifs is 1. The normalized spacial score (nSPS) is 14.7. The van der Waals surface area contributed by atoms with E-state index in [9.17, 15) is 18.0 Å². The van der Waals surface area contributed by atoms with Crippen LogP contribution in [0.1, 0.15) is 38.2 Å². The number of esters is 1. The average Bonchev–Trinajstić information content (AvgIpc) is 3.32. The minimum atomic E-state index is -3.22. The summed E-state index contributed by atoms with van der Waals surface area (Å²) in [5.41, 5.74) is 0.999. The summed E-state index contributed by atoms with van der Waals surface area (Å²) in [4.78, 5) is 38.3. The molecule has 0 radical (unpaired) electrons. The monoisotopic (exact) mass is 464 g/mol. The van der Waals surface area contributed by atoms with Crippen LogP contribution in [0.4, 0.5) is 5.00 Å². The molecule has 0 bridgehead atoms. The largest absolute Gasteiger partial charge is 0.462 e. The van der Waals surface area contributed by atoms with Gasteiger partial charge in [0.05, 0.1) is 23.7 Å². The number of anilines is 1. The number of hydrogen-bond acceptors (Lipinski definition) is 10. The molecule has 1 amide bonds. The van der Waals surface area contributed by atoms with Crippen LogP contribution in [-0.2, 0) is 26.7 Å². The van der Waals surface area contributed by atoms with E-state index >= 15 is 0 Å². The lowest BCUT2D eigenvalue weighted by atomic mass is 10.1. The van der Waals surface area contributed by atoms with Crippen molar-refractivity contribution < 1.29 is 22.7 Å². The van der Waals surface area contributed by atoms with Crippen molar-refractivity contribution in [2.75, 3.05) is 17.7 Å². The lowest BCUT2D eigenvalue weighted by molar-refractivity contribution is 0.0527. The van der Waals surface area contributed by atoms with Crippen molar-refractivity contribution in [1.29, 1.82) is 0 Å². The zero-order valence-corrected chi connectivity index (χ0v) is 18.2. The molecule has 0 spiro atoms. The smallest absolute Gasteiger partial charge is 0.341 e. The molecule has 1 N–H and O–H groups in total. The second-order valence-electron chi connectivity index (χ2n) is 6.33. The standard InChI is InChI=1S/C18H16N4O5S3/c1-2-27-18(24)13-10-4-7-30(25,26)9-12(10)29-16(13)22-15(23)11-8-28-17(21-11)14-19-5-3-6-20-14/h3,5-6,8H,2,4,7,9H2,1H3,(H,22,23). The van der Waals surface area contributed by atoms with Crippen molar-refractivity contribution >= 4 is 49.4 Å². The summed E-state index contributed by atoms with van der Waals surface area (Å²) >= 11 is 2.31. The summed E-state index contributed by atoms with van der Waals surface area (Å²) < 4.78 is 29.1. The Hall–Kier alpha value is -2.70. The van der Waals surface area contributed by atoms with Crippen LogP contribution in [0.15, 0.2) is 23.8 Å². The number of carbonyl (C=O) groups excluding carboxylic acids is 2. The molecule has 3 aromatic rings. The van der Waals surface area contributed by atoms with Gasteiger partial charge in [-0.25, -0.2) is 28.2 Å². The number of thiazole rings is 1. The van der Waals surface area contributed by atoms with Gasteiger partial charge in [-0.05, 0) is 25.0 Å². The molecule has 3 aromatic heterocycles. The molecule has 1 aliphatic rings. The molecular formula is C18H16N4O5S3.